The van der Waals surface area contributed by atoms with Gasteiger partial charge in [0.1, 0.15) is 12.3 Å². The van der Waals surface area contributed by atoms with Crippen LogP contribution in [-0.2, 0) is 19.1 Å². The van der Waals surface area contributed by atoms with Crippen molar-refractivity contribution >= 4 is 11.9 Å². The fourth-order valence-corrected chi connectivity index (χ4v) is 9.30. The van der Waals surface area contributed by atoms with E-state index < -0.39 is 16.9 Å². The Balaban J connectivity index is 1.57. The number of amides is 1. The van der Waals surface area contributed by atoms with E-state index in [1.165, 1.54) is 6.92 Å². The van der Waals surface area contributed by atoms with Crippen LogP contribution in [-0.4, -0.2) is 53.5 Å². The van der Waals surface area contributed by atoms with Crippen molar-refractivity contribution < 1.29 is 24.2 Å². The van der Waals surface area contributed by atoms with Crippen molar-refractivity contribution in [2.75, 3.05) is 13.2 Å². The van der Waals surface area contributed by atoms with E-state index in [1.54, 1.807) is 0 Å². The van der Waals surface area contributed by atoms with Crippen LogP contribution in [0, 0.1) is 34.0 Å². The third kappa shape index (κ3) is 1.95. The SMILES string of the molecule is C=C1[C@H]2CC[C@]3([C@@H](C2)[C@@]24CCC[C@@](C)(C(=O)N5CCO[C@H]52)[C@H]4C[C@H]3OC(C)=O)[C@H]1O. The summed E-state index contributed by atoms with van der Waals surface area (Å²) >= 11 is 0. The average Bonchev–Trinajstić information content (AvgIpc) is 3.21. The van der Waals surface area contributed by atoms with Gasteiger partial charge in [0.15, 0.2) is 0 Å². The van der Waals surface area contributed by atoms with Crippen molar-refractivity contribution in [3.63, 3.8) is 0 Å². The van der Waals surface area contributed by atoms with Crippen LogP contribution >= 0.6 is 0 Å². The fourth-order valence-electron chi connectivity index (χ4n) is 9.30. The Bertz CT molecular complexity index is 841. The smallest absolute Gasteiger partial charge is 0.302 e. The number of esters is 1. The number of piperidine rings is 1. The molecular weight excluding hydrogens is 382 g/mol. The number of hydrogen-bond donors (Lipinski definition) is 1. The predicted molar refractivity (Wildman–Crippen MR) is 108 cm³/mol. The second-order valence-electron chi connectivity index (χ2n) is 11.1. The zero-order valence-corrected chi connectivity index (χ0v) is 18.1. The van der Waals surface area contributed by atoms with Gasteiger partial charge in [-0.2, -0.15) is 0 Å². The van der Waals surface area contributed by atoms with E-state index in [4.69, 9.17) is 9.47 Å². The molecule has 0 aromatic rings. The van der Waals surface area contributed by atoms with Crippen molar-refractivity contribution in [2.24, 2.45) is 34.0 Å². The van der Waals surface area contributed by atoms with Crippen molar-refractivity contribution in [1.29, 1.82) is 0 Å². The highest BCUT2D eigenvalue weighted by Gasteiger charge is 2.78. The lowest BCUT2D eigenvalue weighted by Crippen LogP contribution is -2.77. The van der Waals surface area contributed by atoms with Gasteiger partial charge in [-0.1, -0.05) is 19.9 Å². The lowest BCUT2D eigenvalue weighted by Gasteiger charge is -2.74. The molecule has 2 heterocycles. The molecule has 4 bridgehead atoms. The van der Waals surface area contributed by atoms with E-state index in [-0.39, 0.29) is 41.5 Å². The number of hydrogen-bond acceptors (Lipinski definition) is 5. The molecule has 2 aliphatic heterocycles. The van der Waals surface area contributed by atoms with Gasteiger partial charge < -0.3 is 19.5 Å². The molecule has 7 rings (SSSR count). The second kappa shape index (κ2) is 5.89. The van der Waals surface area contributed by atoms with Gasteiger partial charge in [0.05, 0.1) is 18.1 Å². The van der Waals surface area contributed by atoms with Crippen LogP contribution in [0.1, 0.15) is 58.8 Å². The summed E-state index contributed by atoms with van der Waals surface area (Å²) < 4.78 is 12.3. The van der Waals surface area contributed by atoms with Gasteiger partial charge in [-0.15, -0.1) is 0 Å². The molecule has 0 aromatic heterocycles. The maximum atomic E-state index is 13.6. The van der Waals surface area contributed by atoms with E-state index in [9.17, 15) is 14.7 Å². The Labute approximate surface area is 178 Å². The normalized spacial score (nSPS) is 53.8. The maximum Gasteiger partial charge on any atom is 0.302 e. The van der Waals surface area contributed by atoms with Crippen LogP contribution in [0.5, 0.6) is 0 Å². The van der Waals surface area contributed by atoms with E-state index in [1.807, 2.05) is 4.90 Å². The Kier molecular flexibility index (Phi) is 3.79. The highest BCUT2D eigenvalue weighted by molar-refractivity contribution is 5.85. The highest BCUT2D eigenvalue weighted by atomic mass is 16.5. The van der Waals surface area contributed by atoms with Crippen molar-refractivity contribution in [3.05, 3.63) is 12.2 Å². The molecular formula is C24H33NO5. The number of ether oxygens (including phenoxy) is 2. The number of fused-ring (bicyclic) bond motifs is 3. The molecule has 0 unspecified atom stereocenters. The summed E-state index contributed by atoms with van der Waals surface area (Å²) in [6.07, 6.45) is 5.13. The van der Waals surface area contributed by atoms with Crippen LogP contribution in [0.3, 0.4) is 0 Å². The van der Waals surface area contributed by atoms with Crippen LogP contribution < -0.4 is 0 Å². The summed E-state index contributed by atoms with van der Waals surface area (Å²) in [5.41, 5.74) is -0.209. The number of nitrogens with zero attached hydrogens (tertiary/aromatic N) is 1. The summed E-state index contributed by atoms with van der Waals surface area (Å²) in [6, 6.07) is 0. The molecule has 5 saturated carbocycles. The Morgan fingerprint density at radius 2 is 2.03 bits per heavy atom. The van der Waals surface area contributed by atoms with Gasteiger partial charge in [0, 0.05) is 24.3 Å². The molecule has 1 spiro atoms. The second-order valence-corrected chi connectivity index (χ2v) is 11.1. The predicted octanol–water partition coefficient (Wildman–Crippen LogP) is 2.65. The number of carbonyl (C=O) groups excluding carboxylic acids is 2. The third-order valence-electron chi connectivity index (χ3n) is 10.3. The number of aliphatic hydroxyl groups excluding tert-OH is 1. The molecule has 1 amide bonds. The molecule has 1 N–H and O–H groups in total. The summed E-state index contributed by atoms with van der Waals surface area (Å²) in [6.45, 7) is 9.12. The molecule has 6 heteroatoms. The Morgan fingerprint density at radius 3 is 2.80 bits per heavy atom. The van der Waals surface area contributed by atoms with E-state index >= 15 is 0 Å². The fraction of sp³-hybridized carbons (Fsp3) is 0.833. The molecule has 5 aliphatic carbocycles. The van der Waals surface area contributed by atoms with Crippen LogP contribution in [0.2, 0.25) is 0 Å². The number of aliphatic hydroxyl groups is 1. The largest absolute Gasteiger partial charge is 0.462 e. The molecule has 164 valence electrons. The minimum atomic E-state index is -0.657. The lowest BCUT2D eigenvalue weighted by molar-refractivity contribution is -0.306. The number of rotatable bonds is 1. The first kappa shape index (κ1) is 19.3. The van der Waals surface area contributed by atoms with E-state index in [0.717, 1.165) is 44.1 Å². The van der Waals surface area contributed by atoms with Gasteiger partial charge in [0.25, 0.3) is 0 Å². The Hall–Kier alpha value is -1.40. The molecule has 7 aliphatic rings. The van der Waals surface area contributed by atoms with E-state index in [2.05, 4.69) is 13.5 Å². The molecule has 6 nitrogen and oxygen atoms in total. The summed E-state index contributed by atoms with van der Waals surface area (Å²) in [5, 5.41) is 11.6. The first-order chi connectivity index (χ1) is 14.3. The lowest BCUT2D eigenvalue weighted by atomic mass is 9.33. The zero-order valence-electron chi connectivity index (χ0n) is 18.1. The molecule has 2 saturated heterocycles. The van der Waals surface area contributed by atoms with Gasteiger partial charge in [0.2, 0.25) is 5.91 Å². The standard InChI is InChI=1S/C24H33NO5/c1-13-15-5-8-24(19(13)27)17(11-15)23-7-4-6-22(3,16(23)12-18(24)30-14(2)26)20(28)25-9-10-29-21(23)25/h15-19,21,27H,1,4-12H2,2-3H3/t15-,16+,17-,18+,19-,21-,22+,23-,24+/m0/s1. The molecule has 0 aromatic carbocycles. The molecule has 7 fully saturated rings. The monoisotopic (exact) mass is 415 g/mol. The molecule has 9 atom stereocenters. The third-order valence-corrected chi connectivity index (χ3v) is 10.3. The first-order valence-corrected chi connectivity index (χ1v) is 11.7. The van der Waals surface area contributed by atoms with Gasteiger partial charge in [-0.3, -0.25) is 9.59 Å². The summed E-state index contributed by atoms with van der Waals surface area (Å²) in [5.74, 6) is 0.509. The van der Waals surface area contributed by atoms with Crippen molar-refractivity contribution in [3.8, 4) is 0 Å². The molecule has 30 heavy (non-hydrogen) atoms. The summed E-state index contributed by atoms with van der Waals surface area (Å²) in [4.78, 5) is 27.8. The summed E-state index contributed by atoms with van der Waals surface area (Å²) in [7, 11) is 0. The first-order valence-electron chi connectivity index (χ1n) is 11.7. The van der Waals surface area contributed by atoms with Gasteiger partial charge in [-0.25, -0.2) is 0 Å². The Morgan fingerprint density at radius 1 is 1.23 bits per heavy atom. The zero-order chi connectivity index (χ0) is 21.1. The topological polar surface area (TPSA) is 76.1 Å². The molecule has 0 radical (unpaired) electrons. The number of carbonyl (C=O) groups is 2. The van der Waals surface area contributed by atoms with Crippen molar-refractivity contribution in [2.45, 2.75) is 77.2 Å². The van der Waals surface area contributed by atoms with E-state index in [0.29, 0.717) is 25.5 Å². The van der Waals surface area contributed by atoms with Gasteiger partial charge >= 0.3 is 5.97 Å². The highest BCUT2D eigenvalue weighted by Crippen LogP contribution is 2.75. The van der Waals surface area contributed by atoms with Crippen LogP contribution in [0.15, 0.2) is 12.2 Å². The average molecular weight is 416 g/mol. The van der Waals surface area contributed by atoms with Crippen LogP contribution in [0.25, 0.3) is 0 Å². The van der Waals surface area contributed by atoms with Crippen molar-refractivity contribution in [1.82, 2.24) is 4.90 Å². The maximum absolute atomic E-state index is 13.6. The minimum Gasteiger partial charge on any atom is -0.462 e. The van der Waals surface area contributed by atoms with Gasteiger partial charge in [-0.05, 0) is 61.9 Å². The quantitative estimate of drug-likeness (QED) is 0.526. The van der Waals surface area contributed by atoms with Crippen LogP contribution in [0.4, 0.5) is 0 Å². The minimum absolute atomic E-state index is 0.116.